The molecule has 1 aromatic rings. The van der Waals surface area contributed by atoms with Gasteiger partial charge in [-0.25, -0.2) is 0 Å². The van der Waals surface area contributed by atoms with Gasteiger partial charge in [0.15, 0.2) is 0 Å². The first kappa shape index (κ1) is 13.5. The quantitative estimate of drug-likeness (QED) is 0.840. The molecule has 17 heavy (non-hydrogen) atoms. The van der Waals surface area contributed by atoms with Gasteiger partial charge in [-0.05, 0) is 25.3 Å². The van der Waals surface area contributed by atoms with E-state index in [-0.39, 0.29) is 11.8 Å². The maximum atomic E-state index is 11.8. The zero-order valence-electron chi connectivity index (χ0n) is 10.2. The summed E-state index contributed by atoms with van der Waals surface area (Å²) >= 11 is 1.26. The molecule has 6 heteroatoms. The number of nitrogens with one attached hydrogen (secondary N) is 1. The Hall–Kier alpha value is -1.56. The van der Waals surface area contributed by atoms with Gasteiger partial charge in [0, 0.05) is 13.6 Å². The van der Waals surface area contributed by atoms with E-state index in [0.717, 1.165) is 0 Å². The van der Waals surface area contributed by atoms with Crippen molar-refractivity contribution < 1.29 is 9.59 Å². The summed E-state index contributed by atoms with van der Waals surface area (Å²) in [5.41, 5.74) is 6.07. The van der Waals surface area contributed by atoms with Gasteiger partial charge in [-0.1, -0.05) is 0 Å². The van der Waals surface area contributed by atoms with Gasteiger partial charge in [0.25, 0.3) is 5.91 Å². The first-order valence-corrected chi connectivity index (χ1v) is 6.24. The van der Waals surface area contributed by atoms with E-state index in [1.165, 1.54) is 11.3 Å². The number of nitrogen functional groups attached to an aromatic ring is 1. The predicted octanol–water partition coefficient (Wildman–Crippen LogP) is 0.927. The second kappa shape index (κ2) is 5.67. The Morgan fingerprint density at radius 1 is 1.59 bits per heavy atom. The van der Waals surface area contributed by atoms with E-state index in [9.17, 15) is 9.59 Å². The summed E-state index contributed by atoms with van der Waals surface area (Å²) < 4.78 is 0. The lowest BCUT2D eigenvalue weighted by Crippen LogP contribution is -2.45. The molecule has 0 spiro atoms. The van der Waals surface area contributed by atoms with Crippen LogP contribution in [0.1, 0.15) is 23.5 Å². The molecule has 0 aromatic carbocycles. The minimum absolute atomic E-state index is 0.115. The molecule has 0 aliphatic carbocycles. The highest BCUT2D eigenvalue weighted by atomic mass is 32.1. The summed E-state index contributed by atoms with van der Waals surface area (Å²) in [6.45, 7) is 4.15. The molecule has 0 aliphatic heterocycles. The summed E-state index contributed by atoms with van der Waals surface area (Å²) in [4.78, 5) is 25.6. The third-order valence-electron chi connectivity index (χ3n) is 2.47. The SMILES string of the molecule is CCN(C)C(=O)C(C)NC(=O)c1sccc1N. The number of nitrogens with zero attached hydrogens (tertiary/aromatic N) is 1. The van der Waals surface area contributed by atoms with Crippen LogP contribution in [-0.2, 0) is 4.79 Å². The Balaban J connectivity index is 2.64. The number of rotatable bonds is 4. The summed E-state index contributed by atoms with van der Waals surface area (Å²) in [6, 6.07) is 1.12. The summed E-state index contributed by atoms with van der Waals surface area (Å²) in [6.07, 6.45) is 0. The summed E-state index contributed by atoms with van der Waals surface area (Å²) in [7, 11) is 1.70. The van der Waals surface area contributed by atoms with Crippen molar-refractivity contribution in [2.24, 2.45) is 0 Å². The molecule has 1 rings (SSSR count). The minimum Gasteiger partial charge on any atom is -0.397 e. The Kier molecular flexibility index (Phi) is 4.51. The highest BCUT2D eigenvalue weighted by Crippen LogP contribution is 2.18. The Morgan fingerprint density at radius 3 is 2.71 bits per heavy atom. The van der Waals surface area contributed by atoms with E-state index < -0.39 is 6.04 Å². The fraction of sp³-hybridized carbons (Fsp3) is 0.455. The molecule has 2 amide bonds. The van der Waals surface area contributed by atoms with Crippen molar-refractivity contribution in [1.29, 1.82) is 0 Å². The lowest BCUT2D eigenvalue weighted by molar-refractivity contribution is -0.131. The standard InChI is InChI=1S/C11H17N3O2S/c1-4-14(3)11(16)7(2)13-10(15)9-8(12)5-6-17-9/h5-7H,4,12H2,1-3H3,(H,13,15). The third kappa shape index (κ3) is 3.20. The molecule has 1 atom stereocenters. The highest BCUT2D eigenvalue weighted by molar-refractivity contribution is 7.12. The number of carbonyl (C=O) groups is 2. The van der Waals surface area contributed by atoms with Crippen molar-refractivity contribution in [2.75, 3.05) is 19.3 Å². The van der Waals surface area contributed by atoms with Crippen LogP contribution >= 0.6 is 11.3 Å². The van der Waals surface area contributed by atoms with Crippen molar-refractivity contribution in [3.63, 3.8) is 0 Å². The number of likely N-dealkylation sites (N-methyl/N-ethyl adjacent to an activating group) is 1. The van der Waals surface area contributed by atoms with Crippen LogP contribution in [0.4, 0.5) is 5.69 Å². The molecule has 94 valence electrons. The average molecular weight is 255 g/mol. The fourth-order valence-corrected chi connectivity index (χ4v) is 2.03. The Bertz CT molecular complexity index is 417. The van der Waals surface area contributed by atoms with E-state index in [0.29, 0.717) is 17.1 Å². The maximum Gasteiger partial charge on any atom is 0.264 e. The van der Waals surface area contributed by atoms with Crippen molar-refractivity contribution >= 4 is 28.8 Å². The second-order valence-electron chi connectivity index (χ2n) is 3.75. The van der Waals surface area contributed by atoms with E-state index >= 15 is 0 Å². The van der Waals surface area contributed by atoms with Crippen LogP contribution in [-0.4, -0.2) is 36.3 Å². The van der Waals surface area contributed by atoms with Crippen LogP contribution in [0.15, 0.2) is 11.4 Å². The van der Waals surface area contributed by atoms with Gasteiger partial charge in [-0.2, -0.15) is 0 Å². The number of hydrogen-bond donors (Lipinski definition) is 2. The summed E-state index contributed by atoms with van der Waals surface area (Å²) in [5.74, 6) is -0.418. The first-order chi connectivity index (χ1) is 7.97. The number of carbonyl (C=O) groups excluding carboxylic acids is 2. The molecule has 0 aliphatic rings. The van der Waals surface area contributed by atoms with Crippen molar-refractivity contribution in [3.8, 4) is 0 Å². The molecule has 1 unspecified atom stereocenters. The van der Waals surface area contributed by atoms with E-state index in [2.05, 4.69) is 5.32 Å². The number of nitrogens with two attached hydrogens (primary N) is 1. The number of thiophene rings is 1. The minimum atomic E-state index is -0.547. The number of amides is 2. The van der Waals surface area contributed by atoms with E-state index in [1.54, 1.807) is 30.3 Å². The van der Waals surface area contributed by atoms with Crippen molar-refractivity contribution in [1.82, 2.24) is 10.2 Å². The van der Waals surface area contributed by atoms with Crippen LogP contribution in [0.5, 0.6) is 0 Å². The van der Waals surface area contributed by atoms with Gasteiger partial charge in [0.1, 0.15) is 10.9 Å². The first-order valence-electron chi connectivity index (χ1n) is 5.36. The zero-order chi connectivity index (χ0) is 13.0. The molecule has 3 N–H and O–H groups in total. The third-order valence-corrected chi connectivity index (χ3v) is 3.40. The van der Waals surface area contributed by atoms with Crippen LogP contribution in [0.2, 0.25) is 0 Å². The van der Waals surface area contributed by atoms with E-state index in [4.69, 9.17) is 5.73 Å². The van der Waals surface area contributed by atoms with Gasteiger partial charge >= 0.3 is 0 Å². The van der Waals surface area contributed by atoms with Crippen LogP contribution in [0, 0.1) is 0 Å². The van der Waals surface area contributed by atoms with Gasteiger partial charge in [-0.3, -0.25) is 9.59 Å². The Labute approximate surface area is 105 Å². The van der Waals surface area contributed by atoms with Crippen LogP contribution in [0.25, 0.3) is 0 Å². The van der Waals surface area contributed by atoms with Crippen LogP contribution in [0.3, 0.4) is 0 Å². The molecule has 0 saturated heterocycles. The molecule has 0 radical (unpaired) electrons. The molecule has 0 fully saturated rings. The number of anilines is 1. The van der Waals surface area contributed by atoms with Gasteiger partial charge in [-0.15, -0.1) is 11.3 Å². The van der Waals surface area contributed by atoms with Gasteiger partial charge in [0.2, 0.25) is 5.91 Å². The molecule has 1 aromatic heterocycles. The highest BCUT2D eigenvalue weighted by Gasteiger charge is 2.20. The molecule has 0 saturated carbocycles. The van der Waals surface area contributed by atoms with Crippen LogP contribution < -0.4 is 11.1 Å². The smallest absolute Gasteiger partial charge is 0.264 e. The second-order valence-corrected chi connectivity index (χ2v) is 4.67. The largest absolute Gasteiger partial charge is 0.397 e. The lowest BCUT2D eigenvalue weighted by Gasteiger charge is -2.20. The molecule has 5 nitrogen and oxygen atoms in total. The monoisotopic (exact) mass is 255 g/mol. The normalized spacial score (nSPS) is 11.9. The lowest BCUT2D eigenvalue weighted by atomic mass is 10.2. The number of hydrogen-bond acceptors (Lipinski definition) is 4. The predicted molar refractivity (Wildman–Crippen MR) is 69.0 cm³/mol. The van der Waals surface area contributed by atoms with Crippen molar-refractivity contribution in [3.05, 3.63) is 16.3 Å². The van der Waals surface area contributed by atoms with Crippen molar-refractivity contribution in [2.45, 2.75) is 19.9 Å². The van der Waals surface area contributed by atoms with E-state index in [1.807, 2.05) is 6.92 Å². The maximum absolute atomic E-state index is 11.8. The molecule has 1 heterocycles. The van der Waals surface area contributed by atoms with Gasteiger partial charge in [0.05, 0.1) is 5.69 Å². The Morgan fingerprint density at radius 2 is 2.24 bits per heavy atom. The average Bonchev–Trinajstić information content (AvgIpc) is 2.73. The topological polar surface area (TPSA) is 75.4 Å². The molecule has 0 bridgehead atoms. The molecular weight excluding hydrogens is 238 g/mol. The fourth-order valence-electron chi connectivity index (χ4n) is 1.31. The molecular formula is C11H17N3O2S. The zero-order valence-corrected chi connectivity index (χ0v) is 11.0. The summed E-state index contributed by atoms with van der Waals surface area (Å²) in [5, 5.41) is 4.38. The van der Waals surface area contributed by atoms with Gasteiger partial charge < -0.3 is 16.0 Å².